The number of benzene rings is 1. The van der Waals surface area contributed by atoms with Gasteiger partial charge in [-0.3, -0.25) is 9.59 Å². The van der Waals surface area contributed by atoms with Crippen LogP contribution >= 0.6 is 0 Å². The zero-order chi connectivity index (χ0) is 15.2. The molecule has 21 heavy (non-hydrogen) atoms. The van der Waals surface area contributed by atoms with Crippen molar-refractivity contribution in [2.45, 2.75) is 13.5 Å². The zero-order valence-corrected chi connectivity index (χ0v) is 11.9. The fourth-order valence-electron chi connectivity index (χ4n) is 2.18. The summed E-state index contributed by atoms with van der Waals surface area (Å²) in [5.74, 6) is -1.27. The molecule has 1 amide bonds. The Morgan fingerprint density at radius 2 is 1.86 bits per heavy atom. The Bertz CT molecular complexity index is 619. The second kappa shape index (κ2) is 6.74. The molecule has 1 aromatic carbocycles. The topological polar surface area (TPSA) is 62.5 Å². The monoisotopic (exact) mass is 286 g/mol. The summed E-state index contributed by atoms with van der Waals surface area (Å²) >= 11 is 0. The van der Waals surface area contributed by atoms with Crippen molar-refractivity contribution in [1.82, 2.24) is 9.47 Å². The Hall–Kier alpha value is -2.56. The number of hydrogen-bond donors (Lipinski definition) is 1. The van der Waals surface area contributed by atoms with Gasteiger partial charge in [-0.15, -0.1) is 0 Å². The molecule has 0 saturated carbocycles. The highest BCUT2D eigenvalue weighted by molar-refractivity contribution is 5.94. The molecule has 2 aromatic rings. The van der Waals surface area contributed by atoms with Crippen molar-refractivity contribution in [1.29, 1.82) is 0 Å². The lowest BCUT2D eigenvalue weighted by Crippen LogP contribution is -2.36. The minimum atomic E-state index is -1.01. The molecule has 110 valence electrons. The molecule has 5 heteroatoms. The molecule has 1 N–H and O–H groups in total. The number of hydrogen-bond acceptors (Lipinski definition) is 2. The molecule has 0 bridgehead atoms. The molecular weight excluding hydrogens is 268 g/mol. The third kappa shape index (κ3) is 3.72. The minimum absolute atomic E-state index is 0.263. The maximum atomic E-state index is 12.4. The molecule has 0 aliphatic heterocycles. The summed E-state index contributed by atoms with van der Waals surface area (Å²) in [6.07, 6.45) is 1.83. The lowest BCUT2D eigenvalue weighted by atomic mass is 10.2. The van der Waals surface area contributed by atoms with Gasteiger partial charge >= 0.3 is 5.97 Å². The van der Waals surface area contributed by atoms with Crippen LogP contribution in [0.5, 0.6) is 0 Å². The zero-order valence-electron chi connectivity index (χ0n) is 11.9. The van der Waals surface area contributed by atoms with Crippen LogP contribution in [-0.2, 0) is 11.3 Å². The van der Waals surface area contributed by atoms with Crippen molar-refractivity contribution in [2.75, 3.05) is 13.1 Å². The Morgan fingerprint density at radius 3 is 2.48 bits per heavy atom. The third-order valence-electron chi connectivity index (χ3n) is 3.24. The van der Waals surface area contributed by atoms with Crippen LogP contribution in [0.25, 0.3) is 0 Å². The molecule has 0 aliphatic carbocycles. The van der Waals surface area contributed by atoms with Crippen molar-refractivity contribution < 1.29 is 14.7 Å². The molecule has 5 nitrogen and oxygen atoms in total. The van der Waals surface area contributed by atoms with E-state index in [4.69, 9.17) is 5.11 Å². The van der Waals surface area contributed by atoms with Crippen LogP contribution in [-0.4, -0.2) is 39.5 Å². The number of nitrogens with zero attached hydrogens (tertiary/aromatic N) is 2. The van der Waals surface area contributed by atoms with Crippen molar-refractivity contribution in [3.8, 4) is 0 Å². The minimum Gasteiger partial charge on any atom is -0.480 e. The summed E-state index contributed by atoms with van der Waals surface area (Å²) < 4.78 is 1.84. The second-order valence-corrected chi connectivity index (χ2v) is 4.72. The molecule has 0 aliphatic rings. The fourth-order valence-corrected chi connectivity index (χ4v) is 2.18. The van der Waals surface area contributed by atoms with Crippen LogP contribution in [0.4, 0.5) is 0 Å². The number of carbonyl (C=O) groups is 2. The van der Waals surface area contributed by atoms with Gasteiger partial charge in [-0.25, -0.2) is 0 Å². The van der Waals surface area contributed by atoms with Crippen LogP contribution < -0.4 is 0 Å². The van der Waals surface area contributed by atoms with E-state index in [1.807, 2.05) is 41.1 Å². The van der Waals surface area contributed by atoms with E-state index in [9.17, 15) is 9.59 Å². The smallest absolute Gasteiger partial charge is 0.323 e. The van der Waals surface area contributed by atoms with E-state index in [1.54, 1.807) is 19.1 Å². The van der Waals surface area contributed by atoms with E-state index in [1.165, 1.54) is 4.90 Å². The number of likely N-dealkylation sites (N-methyl/N-ethyl adjacent to an activating group) is 1. The van der Waals surface area contributed by atoms with Gasteiger partial charge < -0.3 is 14.6 Å². The molecule has 0 spiro atoms. The summed E-state index contributed by atoms with van der Waals surface area (Å²) in [6, 6.07) is 13.3. The lowest BCUT2D eigenvalue weighted by Gasteiger charge is -2.19. The summed E-state index contributed by atoms with van der Waals surface area (Å²) in [6.45, 7) is 2.43. The molecule has 0 saturated heterocycles. The molecule has 0 fully saturated rings. The van der Waals surface area contributed by atoms with Gasteiger partial charge in [0.25, 0.3) is 5.91 Å². The Balaban J connectivity index is 2.19. The number of amides is 1. The Labute approximate surface area is 123 Å². The Morgan fingerprint density at radius 1 is 1.14 bits per heavy atom. The van der Waals surface area contributed by atoms with Gasteiger partial charge in [0.2, 0.25) is 0 Å². The number of aromatic nitrogens is 1. The molecular formula is C16H18N2O3. The lowest BCUT2D eigenvalue weighted by molar-refractivity contribution is -0.137. The molecule has 0 atom stereocenters. The van der Waals surface area contributed by atoms with E-state index >= 15 is 0 Å². The van der Waals surface area contributed by atoms with Gasteiger partial charge in [0, 0.05) is 19.3 Å². The van der Waals surface area contributed by atoms with E-state index in [0.29, 0.717) is 18.8 Å². The SMILES string of the molecule is CCN(CC(=O)O)C(=O)c1cccn1Cc1ccccc1. The Kier molecular flexibility index (Phi) is 4.77. The summed E-state index contributed by atoms with van der Waals surface area (Å²) in [7, 11) is 0. The first-order valence-electron chi connectivity index (χ1n) is 6.82. The van der Waals surface area contributed by atoms with Gasteiger partial charge in [-0.05, 0) is 24.6 Å². The first kappa shape index (κ1) is 14.8. The van der Waals surface area contributed by atoms with E-state index in [2.05, 4.69) is 0 Å². The van der Waals surface area contributed by atoms with Crippen LogP contribution in [0, 0.1) is 0 Å². The maximum Gasteiger partial charge on any atom is 0.323 e. The largest absolute Gasteiger partial charge is 0.480 e. The van der Waals surface area contributed by atoms with Crippen LogP contribution in [0.1, 0.15) is 23.0 Å². The molecule has 0 radical (unpaired) electrons. The third-order valence-corrected chi connectivity index (χ3v) is 3.24. The number of carboxylic acids is 1. The molecule has 1 heterocycles. The second-order valence-electron chi connectivity index (χ2n) is 4.72. The highest BCUT2D eigenvalue weighted by atomic mass is 16.4. The number of aliphatic carboxylic acids is 1. The van der Waals surface area contributed by atoms with Crippen LogP contribution in [0.15, 0.2) is 48.7 Å². The maximum absolute atomic E-state index is 12.4. The van der Waals surface area contributed by atoms with Gasteiger partial charge in [-0.1, -0.05) is 30.3 Å². The van der Waals surface area contributed by atoms with Gasteiger partial charge in [-0.2, -0.15) is 0 Å². The van der Waals surface area contributed by atoms with Crippen molar-refractivity contribution in [3.05, 3.63) is 59.9 Å². The van der Waals surface area contributed by atoms with E-state index in [-0.39, 0.29) is 12.5 Å². The molecule has 0 unspecified atom stereocenters. The van der Waals surface area contributed by atoms with Gasteiger partial charge in [0.05, 0.1) is 0 Å². The first-order chi connectivity index (χ1) is 10.1. The number of carboxylic acid groups (broad SMARTS) is 1. The molecule has 2 rings (SSSR count). The van der Waals surface area contributed by atoms with E-state index < -0.39 is 5.97 Å². The van der Waals surface area contributed by atoms with Gasteiger partial charge in [0.1, 0.15) is 12.2 Å². The van der Waals surface area contributed by atoms with Gasteiger partial charge in [0.15, 0.2) is 0 Å². The van der Waals surface area contributed by atoms with Crippen molar-refractivity contribution in [2.24, 2.45) is 0 Å². The number of rotatable bonds is 6. The first-order valence-corrected chi connectivity index (χ1v) is 6.82. The average molecular weight is 286 g/mol. The fraction of sp³-hybridized carbons (Fsp3) is 0.250. The van der Waals surface area contributed by atoms with Crippen molar-refractivity contribution >= 4 is 11.9 Å². The standard InChI is InChI=1S/C16H18N2O3/c1-2-17(12-15(19)20)16(21)14-9-6-10-18(14)11-13-7-4-3-5-8-13/h3-10H,2,11-12H2,1H3,(H,19,20). The summed E-state index contributed by atoms with van der Waals surface area (Å²) in [5, 5.41) is 8.87. The summed E-state index contributed by atoms with van der Waals surface area (Å²) in [5.41, 5.74) is 1.59. The normalized spacial score (nSPS) is 10.3. The number of carbonyl (C=O) groups excluding carboxylic acids is 1. The predicted molar refractivity (Wildman–Crippen MR) is 79.2 cm³/mol. The molecule has 1 aromatic heterocycles. The predicted octanol–water partition coefficient (Wildman–Crippen LogP) is 2.08. The summed E-state index contributed by atoms with van der Waals surface area (Å²) in [4.78, 5) is 24.6. The highest BCUT2D eigenvalue weighted by Crippen LogP contribution is 2.10. The highest BCUT2D eigenvalue weighted by Gasteiger charge is 2.19. The van der Waals surface area contributed by atoms with Crippen LogP contribution in [0.3, 0.4) is 0 Å². The quantitative estimate of drug-likeness (QED) is 0.884. The van der Waals surface area contributed by atoms with Crippen LogP contribution in [0.2, 0.25) is 0 Å². The van der Waals surface area contributed by atoms with Crippen molar-refractivity contribution in [3.63, 3.8) is 0 Å². The average Bonchev–Trinajstić information content (AvgIpc) is 2.93. The van der Waals surface area contributed by atoms with E-state index in [0.717, 1.165) is 5.56 Å².